The van der Waals surface area contributed by atoms with Crippen LogP contribution in [0.25, 0.3) is 4.96 Å². The third-order valence-electron chi connectivity index (χ3n) is 3.66. The summed E-state index contributed by atoms with van der Waals surface area (Å²) in [6, 6.07) is 0.474. The van der Waals surface area contributed by atoms with Crippen LogP contribution in [0.3, 0.4) is 0 Å². The van der Waals surface area contributed by atoms with Crippen LogP contribution < -0.4 is 5.32 Å². The Morgan fingerprint density at radius 1 is 1.53 bits per heavy atom. The zero-order valence-electron chi connectivity index (χ0n) is 11.5. The predicted molar refractivity (Wildman–Crippen MR) is 77.5 cm³/mol. The maximum Gasteiger partial charge on any atom is 0.193 e. The summed E-state index contributed by atoms with van der Waals surface area (Å²) in [6.07, 6.45) is 5.39. The van der Waals surface area contributed by atoms with Gasteiger partial charge in [0.25, 0.3) is 0 Å². The molecule has 0 aromatic carbocycles. The molecule has 3 heterocycles. The van der Waals surface area contributed by atoms with Gasteiger partial charge in [-0.05, 0) is 12.3 Å². The van der Waals surface area contributed by atoms with Gasteiger partial charge >= 0.3 is 0 Å². The van der Waals surface area contributed by atoms with E-state index in [4.69, 9.17) is 4.74 Å². The van der Waals surface area contributed by atoms with Gasteiger partial charge in [-0.3, -0.25) is 4.40 Å². The number of nitrogens with one attached hydrogen (secondary N) is 1. The Balaban J connectivity index is 1.57. The Bertz CT molecular complexity index is 505. The van der Waals surface area contributed by atoms with Crippen LogP contribution in [0.2, 0.25) is 0 Å². The second-order valence-corrected chi connectivity index (χ2v) is 6.61. The first kappa shape index (κ1) is 13.1. The number of thiazole rings is 1. The fourth-order valence-electron chi connectivity index (χ4n) is 2.76. The smallest absolute Gasteiger partial charge is 0.193 e. The maximum absolute atomic E-state index is 5.62. The van der Waals surface area contributed by atoms with Crippen molar-refractivity contribution in [2.24, 2.45) is 11.8 Å². The highest BCUT2D eigenvalue weighted by Crippen LogP contribution is 2.22. The summed E-state index contributed by atoms with van der Waals surface area (Å²) < 4.78 is 7.70. The van der Waals surface area contributed by atoms with Gasteiger partial charge in [0.2, 0.25) is 0 Å². The van der Waals surface area contributed by atoms with Gasteiger partial charge in [-0.2, -0.15) is 0 Å². The standard InChI is InChI=1S/C14H21N3OS/c1-10(2)5-11-8-18-9-13(11)15-6-12-7-17-3-4-19-14(17)16-12/h3-4,7,10-11,13,15H,5-6,8-9H2,1-2H3. The first-order valence-electron chi connectivity index (χ1n) is 6.94. The van der Waals surface area contributed by atoms with Crippen molar-refractivity contribution in [2.45, 2.75) is 32.9 Å². The molecule has 2 aromatic heterocycles. The molecule has 0 spiro atoms. The number of aromatic nitrogens is 2. The number of fused-ring (bicyclic) bond motifs is 1. The first-order chi connectivity index (χ1) is 9.22. The number of hydrogen-bond acceptors (Lipinski definition) is 4. The third kappa shape index (κ3) is 2.99. The van der Waals surface area contributed by atoms with Crippen LogP contribution in [0.5, 0.6) is 0 Å². The lowest BCUT2D eigenvalue weighted by Crippen LogP contribution is -2.35. The lowest BCUT2D eigenvalue weighted by Gasteiger charge is -2.20. The molecule has 0 bridgehead atoms. The molecule has 0 radical (unpaired) electrons. The topological polar surface area (TPSA) is 38.6 Å². The van der Waals surface area contributed by atoms with Crippen molar-refractivity contribution in [3.63, 3.8) is 0 Å². The predicted octanol–water partition coefficient (Wildman–Crippen LogP) is 2.55. The van der Waals surface area contributed by atoms with Gasteiger partial charge < -0.3 is 10.1 Å². The van der Waals surface area contributed by atoms with Crippen LogP contribution in [0.15, 0.2) is 17.8 Å². The zero-order chi connectivity index (χ0) is 13.2. The Morgan fingerprint density at radius 2 is 2.42 bits per heavy atom. The minimum Gasteiger partial charge on any atom is -0.379 e. The monoisotopic (exact) mass is 279 g/mol. The SMILES string of the molecule is CC(C)CC1COCC1NCc1cn2ccsc2n1. The Labute approximate surface area is 117 Å². The number of ether oxygens (including phenoxy) is 1. The van der Waals surface area contributed by atoms with E-state index in [0.29, 0.717) is 12.0 Å². The van der Waals surface area contributed by atoms with Gasteiger partial charge in [-0.1, -0.05) is 13.8 Å². The lowest BCUT2D eigenvalue weighted by molar-refractivity contribution is 0.179. The molecular weight excluding hydrogens is 258 g/mol. The van der Waals surface area contributed by atoms with E-state index in [1.54, 1.807) is 11.3 Å². The molecule has 2 aromatic rings. The molecule has 0 aliphatic carbocycles. The van der Waals surface area contributed by atoms with Crippen LogP contribution >= 0.6 is 11.3 Å². The van der Waals surface area contributed by atoms with E-state index >= 15 is 0 Å². The molecule has 19 heavy (non-hydrogen) atoms. The minimum absolute atomic E-state index is 0.474. The number of rotatable bonds is 5. The number of hydrogen-bond donors (Lipinski definition) is 1. The molecule has 104 valence electrons. The molecule has 5 heteroatoms. The van der Waals surface area contributed by atoms with E-state index < -0.39 is 0 Å². The van der Waals surface area contributed by atoms with Crippen molar-refractivity contribution in [2.75, 3.05) is 13.2 Å². The van der Waals surface area contributed by atoms with E-state index in [1.165, 1.54) is 6.42 Å². The average molecular weight is 279 g/mol. The van der Waals surface area contributed by atoms with E-state index in [-0.39, 0.29) is 0 Å². The van der Waals surface area contributed by atoms with Crippen molar-refractivity contribution in [1.29, 1.82) is 0 Å². The summed E-state index contributed by atoms with van der Waals surface area (Å²) >= 11 is 1.67. The van der Waals surface area contributed by atoms with Crippen molar-refractivity contribution >= 4 is 16.3 Å². The summed E-state index contributed by atoms with van der Waals surface area (Å²) in [5.41, 5.74) is 1.11. The zero-order valence-corrected chi connectivity index (χ0v) is 12.3. The van der Waals surface area contributed by atoms with E-state index in [2.05, 4.69) is 46.3 Å². The van der Waals surface area contributed by atoms with Gasteiger partial charge in [-0.25, -0.2) is 4.98 Å². The Hall–Kier alpha value is -0.910. The second kappa shape index (κ2) is 5.61. The normalized spacial score (nSPS) is 23.7. The fraction of sp³-hybridized carbons (Fsp3) is 0.643. The average Bonchev–Trinajstić information content (AvgIpc) is 3.00. The highest BCUT2D eigenvalue weighted by atomic mass is 32.1. The van der Waals surface area contributed by atoms with E-state index in [9.17, 15) is 0 Å². The summed E-state index contributed by atoms with van der Waals surface area (Å²) in [7, 11) is 0. The molecule has 1 N–H and O–H groups in total. The molecule has 2 unspecified atom stereocenters. The van der Waals surface area contributed by atoms with Crippen LogP contribution in [0.1, 0.15) is 26.0 Å². The summed E-state index contributed by atoms with van der Waals surface area (Å²) in [5, 5.41) is 5.67. The molecule has 1 saturated heterocycles. The van der Waals surface area contributed by atoms with Crippen molar-refractivity contribution in [3.05, 3.63) is 23.5 Å². The van der Waals surface area contributed by atoms with Crippen LogP contribution in [0.4, 0.5) is 0 Å². The maximum atomic E-state index is 5.62. The number of imidazole rings is 1. The van der Waals surface area contributed by atoms with Gasteiger partial charge in [0.05, 0.1) is 18.9 Å². The molecule has 1 aliphatic heterocycles. The molecule has 2 atom stereocenters. The third-order valence-corrected chi connectivity index (χ3v) is 4.43. The number of nitrogens with zero attached hydrogens (tertiary/aromatic N) is 2. The summed E-state index contributed by atoms with van der Waals surface area (Å²) in [6.45, 7) is 7.11. The van der Waals surface area contributed by atoms with Crippen molar-refractivity contribution in [1.82, 2.24) is 14.7 Å². The first-order valence-corrected chi connectivity index (χ1v) is 7.82. The minimum atomic E-state index is 0.474. The summed E-state index contributed by atoms with van der Waals surface area (Å²) in [5.74, 6) is 1.37. The molecule has 1 aliphatic rings. The van der Waals surface area contributed by atoms with Crippen molar-refractivity contribution < 1.29 is 4.74 Å². The van der Waals surface area contributed by atoms with Crippen LogP contribution in [-0.2, 0) is 11.3 Å². The van der Waals surface area contributed by atoms with Gasteiger partial charge in [0.15, 0.2) is 4.96 Å². The molecule has 1 fully saturated rings. The molecular formula is C14H21N3OS. The summed E-state index contributed by atoms with van der Waals surface area (Å²) in [4.78, 5) is 5.67. The Kier molecular flexibility index (Phi) is 3.86. The molecule has 0 amide bonds. The van der Waals surface area contributed by atoms with E-state index in [0.717, 1.165) is 36.3 Å². The molecule has 3 rings (SSSR count). The van der Waals surface area contributed by atoms with Gasteiger partial charge in [0.1, 0.15) is 0 Å². The highest BCUT2D eigenvalue weighted by Gasteiger charge is 2.28. The van der Waals surface area contributed by atoms with E-state index in [1.807, 2.05) is 0 Å². The fourth-order valence-corrected chi connectivity index (χ4v) is 3.48. The molecule has 4 nitrogen and oxygen atoms in total. The van der Waals surface area contributed by atoms with Crippen molar-refractivity contribution in [3.8, 4) is 0 Å². The largest absolute Gasteiger partial charge is 0.379 e. The van der Waals surface area contributed by atoms with Gasteiger partial charge in [0, 0.05) is 36.3 Å². The Morgan fingerprint density at radius 3 is 3.21 bits per heavy atom. The van der Waals surface area contributed by atoms with Crippen LogP contribution in [-0.4, -0.2) is 28.6 Å². The lowest BCUT2D eigenvalue weighted by atomic mass is 9.93. The quantitative estimate of drug-likeness (QED) is 0.914. The second-order valence-electron chi connectivity index (χ2n) is 5.74. The molecule has 0 saturated carbocycles. The highest BCUT2D eigenvalue weighted by molar-refractivity contribution is 7.15. The van der Waals surface area contributed by atoms with Crippen LogP contribution in [0, 0.1) is 11.8 Å². The van der Waals surface area contributed by atoms with Gasteiger partial charge in [-0.15, -0.1) is 11.3 Å².